The first-order chi connectivity index (χ1) is 9.58. The summed E-state index contributed by atoms with van der Waals surface area (Å²) >= 11 is 0. The molecule has 20 heavy (non-hydrogen) atoms. The summed E-state index contributed by atoms with van der Waals surface area (Å²) in [7, 11) is 0. The van der Waals surface area contributed by atoms with Gasteiger partial charge in [-0.15, -0.1) is 0 Å². The Labute approximate surface area is 115 Å². The molecular formula is C15H13FN2O2. The van der Waals surface area contributed by atoms with Crippen molar-refractivity contribution in [2.24, 2.45) is 0 Å². The Morgan fingerprint density at radius 3 is 2.55 bits per heavy atom. The number of anilines is 2. The molecule has 1 aliphatic rings. The van der Waals surface area contributed by atoms with Crippen molar-refractivity contribution in [1.82, 2.24) is 0 Å². The van der Waals surface area contributed by atoms with Crippen molar-refractivity contribution >= 4 is 17.1 Å². The minimum Gasteiger partial charge on any atom is -0.341 e. The number of hydrogen-bond donors (Lipinski definition) is 0. The van der Waals surface area contributed by atoms with Gasteiger partial charge in [-0.25, -0.2) is 4.39 Å². The molecule has 0 aliphatic carbocycles. The first-order valence-corrected chi connectivity index (χ1v) is 6.38. The molecule has 0 radical (unpaired) electrons. The van der Waals surface area contributed by atoms with Crippen molar-refractivity contribution in [2.75, 3.05) is 11.4 Å². The number of benzene rings is 2. The molecule has 2 aromatic carbocycles. The number of aryl methyl sites for hydroxylation is 1. The largest absolute Gasteiger partial charge is 0.341 e. The average molecular weight is 272 g/mol. The van der Waals surface area contributed by atoms with Gasteiger partial charge >= 0.3 is 0 Å². The number of hydrogen-bond acceptors (Lipinski definition) is 3. The van der Waals surface area contributed by atoms with E-state index in [-0.39, 0.29) is 11.5 Å². The van der Waals surface area contributed by atoms with Crippen LogP contribution in [0.3, 0.4) is 0 Å². The van der Waals surface area contributed by atoms with Crippen LogP contribution in [0.5, 0.6) is 0 Å². The van der Waals surface area contributed by atoms with E-state index in [1.807, 2.05) is 11.8 Å². The third kappa shape index (κ3) is 1.91. The Bertz CT molecular complexity index is 683. The van der Waals surface area contributed by atoms with E-state index >= 15 is 0 Å². The molecule has 5 heteroatoms. The Morgan fingerprint density at radius 2 is 1.90 bits per heavy atom. The highest BCUT2D eigenvalue weighted by Crippen LogP contribution is 2.38. The van der Waals surface area contributed by atoms with Gasteiger partial charge in [0.2, 0.25) is 0 Å². The standard InChI is InChI=1S/C15H13FN2O2/c1-10-2-7-14(16)13-8-9-17(15(10)13)11-3-5-12(6-4-11)18(19)20/h2-7H,8-9H2,1H3. The fourth-order valence-electron chi connectivity index (χ4n) is 2.69. The quantitative estimate of drug-likeness (QED) is 0.618. The molecule has 4 nitrogen and oxygen atoms in total. The van der Waals surface area contributed by atoms with Crippen LogP contribution in [0.15, 0.2) is 36.4 Å². The molecule has 1 aliphatic heterocycles. The SMILES string of the molecule is Cc1ccc(F)c2c1N(c1ccc([N+](=O)[O-])cc1)CC2. The van der Waals surface area contributed by atoms with E-state index in [9.17, 15) is 14.5 Å². The number of rotatable bonds is 2. The predicted octanol–water partition coefficient (Wildman–Crippen LogP) is 3.74. The van der Waals surface area contributed by atoms with Gasteiger partial charge in [0.25, 0.3) is 5.69 Å². The lowest BCUT2D eigenvalue weighted by Gasteiger charge is -2.21. The van der Waals surface area contributed by atoms with E-state index in [1.165, 1.54) is 18.2 Å². The van der Waals surface area contributed by atoms with Crippen LogP contribution < -0.4 is 4.90 Å². The summed E-state index contributed by atoms with van der Waals surface area (Å²) in [6.07, 6.45) is 0.653. The third-order valence-corrected chi connectivity index (χ3v) is 3.65. The molecule has 0 amide bonds. The van der Waals surface area contributed by atoms with Gasteiger partial charge < -0.3 is 4.90 Å². The maximum atomic E-state index is 13.8. The highest BCUT2D eigenvalue weighted by molar-refractivity contribution is 5.73. The van der Waals surface area contributed by atoms with E-state index in [0.717, 1.165) is 22.5 Å². The molecule has 0 unspecified atom stereocenters. The van der Waals surface area contributed by atoms with Gasteiger partial charge in [0.05, 0.1) is 10.6 Å². The minimum atomic E-state index is -0.424. The van der Waals surface area contributed by atoms with Crippen LogP contribution >= 0.6 is 0 Å². The molecule has 1 heterocycles. The number of nitro groups is 1. The number of nitrogens with zero attached hydrogens (tertiary/aromatic N) is 2. The average Bonchev–Trinajstić information content (AvgIpc) is 2.89. The summed E-state index contributed by atoms with van der Waals surface area (Å²) in [4.78, 5) is 12.3. The molecule has 0 bridgehead atoms. The van der Waals surface area contributed by atoms with Crippen molar-refractivity contribution in [3.63, 3.8) is 0 Å². The van der Waals surface area contributed by atoms with Crippen LogP contribution in [0.25, 0.3) is 0 Å². The van der Waals surface area contributed by atoms with Crippen molar-refractivity contribution < 1.29 is 9.31 Å². The van der Waals surface area contributed by atoms with Gasteiger partial charge in [0.1, 0.15) is 5.82 Å². The van der Waals surface area contributed by atoms with E-state index in [0.29, 0.717) is 13.0 Å². The van der Waals surface area contributed by atoms with E-state index in [4.69, 9.17) is 0 Å². The highest BCUT2D eigenvalue weighted by Gasteiger charge is 2.25. The minimum absolute atomic E-state index is 0.0594. The van der Waals surface area contributed by atoms with Crippen LogP contribution in [-0.2, 0) is 6.42 Å². The predicted molar refractivity (Wildman–Crippen MR) is 74.9 cm³/mol. The maximum Gasteiger partial charge on any atom is 0.269 e. The van der Waals surface area contributed by atoms with Gasteiger partial charge in [-0.2, -0.15) is 0 Å². The zero-order chi connectivity index (χ0) is 14.3. The molecule has 2 aromatic rings. The molecule has 0 N–H and O–H groups in total. The summed E-state index contributed by atoms with van der Waals surface area (Å²) < 4.78 is 13.8. The number of nitro benzene ring substituents is 1. The van der Waals surface area contributed by atoms with Crippen molar-refractivity contribution in [3.05, 3.63) is 63.5 Å². The lowest BCUT2D eigenvalue weighted by atomic mass is 10.1. The van der Waals surface area contributed by atoms with Crippen LogP contribution in [-0.4, -0.2) is 11.5 Å². The summed E-state index contributed by atoms with van der Waals surface area (Å²) in [6, 6.07) is 9.62. The zero-order valence-electron chi connectivity index (χ0n) is 11.0. The topological polar surface area (TPSA) is 46.4 Å². The second-order valence-electron chi connectivity index (χ2n) is 4.87. The molecular weight excluding hydrogens is 259 g/mol. The second kappa shape index (κ2) is 4.59. The van der Waals surface area contributed by atoms with Crippen molar-refractivity contribution in [3.8, 4) is 0 Å². The van der Waals surface area contributed by atoms with Gasteiger partial charge in [-0.3, -0.25) is 10.1 Å². The molecule has 0 aromatic heterocycles. The van der Waals surface area contributed by atoms with Crippen LogP contribution in [0.4, 0.5) is 21.5 Å². The molecule has 0 fully saturated rings. The van der Waals surface area contributed by atoms with Crippen LogP contribution in [0.2, 0.25) is 0 Å². The summed E-state index contributed by atoms with van der Waals surface area (Å²) in [5, 5.41) is 10.7. The van der Waals surface area contributed by atoms with Gasteiger partial charge in [0, 0.05) is 29.9 Å². The normalized spacial score (nSPS) is 13.4. The van der Waals surface area contributed by atoms with Crippen LogP contribution in [0.1, 0.15) is 11.1 Å². The molecule has 0 saturated carbocycles. The Hall–Kier alpha value is -2.43. The number of halogens is 1. The molecule has 0 spiro atoms. The highest BCUT2D eigenvalue weighted by atomic mass is 19.1. The number of non-ortho nitro benzene ring substituents is 1. The Balaban J connectivity index is 2.03. The fourth-order valence-corrected chi connectivity index (χ4v) is 2.69. The van der Waals surface area contributed by atoms with E-state index in [2.05, 4.69) is 0 Å². The molecule has 102 valence electrons. The number of fused-ring (bicyclic) bond motifs is 1. The summed E-state index contributed by atoms with van der Waals surface area (Å²) in [5.41, 5.74) is 3.53. The van der Waals surface area contributed by atoms with Crippen molar-refractivity contribution in [2.45, 2.75) is 13.3 Å². The zero-order valence-corrected chi connectivity index (χ0v) is 11.0. The molecule has 3 rings (SSSR count). The molecule has 0 atom stereocenters. The second-order valence-corrected chi connectivity index (χ2v) is 4.87. The summed E-state index contributed by atoms with van der Waals surface area (Å²) in [5.74, 6) is -0.185. The first-order valence-electron chi connectivity index (χ1n) is 6.38. The molecule has 0 saturated heterocycles. The van der Waals surface area contributed by atoms with E-state index in [1.54, 1.807) is 18.2 Å². The maximum absolute atomic E-state index is 13.8. The van der Waals surface area contributed by atoms with Gasteiger partial charge in [0.15, 0.2) is 0 Å². The first kappa shape index (κ1) is 12.6. The summed E-state index contributed by atoms with van der Waals surface area (Å²) in [6.45, 7) is 2.64. The monoisotopic (exact) mass is 272 g/mol. The van der Waals surface area contributed by atoms with Crippen LogP contribution in [0, 0.1) is 22.9 Å². The fraction of sp³-hybridized carbons (Fsp3) is 0.200. The van der Waals surface area contributed by atoms with E-state index < -0.39 is 4.92 Å². The van der Waals surface area contributed by atoms with Gasteiger partial charge in [-0.1, -0.05) is 6.07 Å². The Kier molecular flexibility index (Phi) is 2.89. The third-order valence-electron chi connectivity index (χ3n) is 3.65. The lowest BCUT2D eigenvalue weighted by Crippen LogP contribution is -2.14. The Morgan fingerprint density at radius 1 is 1.20 bits per heavy atom. The van der Waals surface area contributed by atoms with Crippen molar-refractivity contribution in [1.29, 1.82) is 0 Å². The smallest absolute Gasteiger partial charge is 0.269 e. The van der Waals surface area contributed by atoms with Gasteiger partial charge in [-0.05, 0) is 37.1 Å². The lowest BCUT2D eigenvalue weighted by molar-refractivity contribution is -0.384.